The first-order valence-corrected chi connectivity index (χ1v) is 11.6. The van der Waals surface area contributed by atoms with Gasteiger partial charge in [0.05, 0.1) is 11.5 Å². The number of nitrogens with zero attached hydrogens (tertiary/aromatic N) is 1. The van der Waals surface area contributed by atoms with Crippen LogP contribution in [0.3, 0.4) is 0 Å². The van der Waals surface area contributed by atoms with Crippen molar-refractivity contribution in [2.75, 3.05) is 33.0 Å². The highest BCUT2D eigenvalue weighted by Gasteiger charge is 2.10. The van der Waals surface area contributed by atoms with E-state index in [0.29, 0.717) is 37.8 Å². The van der Waals surface area contributed by atoms with Crippen LogP contribution in [0.5, 0.6) is 5.75 Å². The Hall–Kier alpha value is -2.54. The zero-order chi connectivity index (χ0) is 21.3. The Bertz CT molecular complexity index is 867. The minimum Gasteiger partial charge on any atom is -0.494 e. The van der Waals surface area contributed by atoms with E-state index in [2.05, 4.69) is 24.4 Å². The van der Waals surface area contributed by atoms with Crippen LogP contribution < -0.4 is 10.1 Å². The van der Waals surface area contributed by atoms with E-state index in [9.17, 15) is 13.2 Å². The van der Waals surface area contributed by atoms with Crippen LogP contribution in [0.4, 0.5) is 4.79 Å². The van der Waals surface area contributed by atoms with Crippen LogP contribution in [-0.4, -0.2) is 52.3 Å². The average Bonchev–Trinajstić information content (AvgIpc) is 2.71. The molecule has 2 rings (SSSR count). The second-order valence-electron chi connectivity index (χ2n) is 7.20. The molecule has 0 heterocycles. The second-order valence-corrected chi connectivity index (χ2v) is 9.22. The van der Waals surface area contributed by atoms with E-state index >= 15 is 0 Å². The van der Waals surface area contributed by atoms with Crippen LogP contribution in [0.15, 0.2) is 59.5 Å². The smallest absolute Gasteiger partial charge is 0.317 e. The van der Waals surface area contributed by atoms with E-state index in [1.165, 1.54) is 24.0 Å². The third-order valence-corrected chi connectivity index (χ3v) is 5.86. The lowest BCUT2D eigenvalue weighted by Crippen LogP contribution is -2.38. The van der Waals surface area contributed by atoms with Crippen molar-refractivity contribution in [3.05, 3.63) is 60.2 Å². The summed E-state index contributed by atoms with van der Waals surface area (Å²) in [6.07, 6.45) is 2.74. The second kappa shape index (κ2) is 10.9. The van der Waals surface area contributed by atoms with Gasteiger partial charge in [0.2, 0.25) is 0 Å². The number of hydrogen-bond acceptors (Lipinski definition) is 4. The van der Waals surface area contributed by atoms with E-state index in [0.717, 1.165) is 6.42 Å². The fourth-order valence-corrected chi connectivity index (χ4v) is 3.49. The molecule has 0 aromatic heterocycles. The molecular weight excluding hydrogens is 388 g/mol. The normalized spacial score (nSPS) is 12.2. The molecule has 29 heavy (non-hydrogen) atoms. The van der Waals surface area contributed by atoms with Crippen LogP contribution in [0, 0.1) is 0 Å². The average molecular weight is 419 g/mol. The van der Waals surface area contributed by atoms with Crippen molar-refractivity contribution in [1.29, 1.82) is 0 Å². The monoisotopic (exact) mass is 418 g/mol. The molecule has 2 aromatic carbocycles. The number of carbonyl (C=O) groups is 1. The van der Waals surface area contributed by atoms with Crippen molar-refractivity contribution in [1.82, 2.24) is 10.2 Å². The SMILES string of the molecule is CC(CCNC(=O)N(C)CCCOc1ccc(S(C)(=O)=O)cc1)c1ccccc1. The van der Waals surface area contributed by atoms with Gasteiger partial charge >= 0.3 is 6.03 Å². The van der Waals surface area contributed by atoms with Gasteiger partial charge in [0, 0.05) is 26.4 Å². The lowest BCUT2D eigenvalue weighted by Gasteiger charge is -2.19. The topological polar surface area (TPSA) is 75.7 Å². The van der Waals surface area contributed by atoms with Crippen LogP contribution in [0.1, 0.15) is 31.2 Å². The van der Waals surface area contributed by atoms with Crippen LogP contribution in [-0.2, 0) is 9.84 Å². The lowest BCUT2D eigenvalue weighted by atomic mass is 9.98. The Labute approximate surface area is 173 Å². The summed E-state index contributed by atoms with van der Waals surface area (Å²) in [4.78, 5) is 14.1. The summed E-state index contributed by atoms with van der Waals surface area (Å²) >= 11 is 0. The van der Waals surface area contributed by atoms with Gasteiger partial charge < -0.3 is 15.0 Å². The molecular formula is C22H30N2O4S. The quantitative estimate of drug-likeness (QED) is 0.597. The largest absolute Gasteiger partial charge is 0.494 e. The minimum absolute atomic E-state index is 0.0947. The Kier molecular flexibility index (Phi) is 8.51. The van der Waals surface area contributed by atoms with Crippen molar-refractivity contribution in [2.24, 2.45) is 0 Å². The summed E-state index contributed by atoms with van der Waals surface area (Å²) in [6, 6.07) is 16.5. The number of amides is 2. The zero-order valence-corrected chi connectivity index (χ0v) is 18.1. The number of benzene rings is 2. The maximum absolute atomic E-state index is 12.2. The highest BCUT2D eigenvalue weighted by atomic mass is 32.2. The molecule has 0 radical (unpaired) electrons. The van der Waals surface area contributed by atoms with Gasteiger partial charge in [-0.3, -0.25) is 0 Å². The summed E-state index contributed by atoms with van der Waals surface area (Å²) in [7, 11) is -1.44. The number of rotatable bonds is 10. The standard InChI is InChI=1S/C22H30N2O4S/c1-18(19-8-5-4-6-9-19)14-15-23-22(25)24(2)16-7-17-28-20-10-12-21(13-11-20)29(3,26)27/h4-6,8-13,18H,7,14-17H2,1-3H3,(H,23,25). The van der Waals surface area contributed by atoms with Gasteiger partial charge in [-0.25, -0.2) is 13.2 Å². The van der Waals surface area contributed by atoms with Crippen molar-refractivity contribution in [2.45, 2.75) is 30.6 Å². The van der Waals surface area contributed by atoms with Gasteiger partial charge in [-0.1, -0.05) is 37.3 Å². The van der Waals surface area contributed by atoms with E-state index in [4.69, 9.17) is 4.74 Å². The first-order valence-electron chi connectivity index (χ1n) is 9.74. The molecule has 0 aliphatic rings. The molecule has 1 unspecified atom stereocenters. The number of ether oxygens (including phenoxy) is 1. The molecule has 158 valence electrons. The number of nitrogens with one attached hydrogen (secondary N) is 1. The van der Waals surface area contributed by atoms with Crippen LogP contribution in [0.2, 0.25) is 0 Å². The number of hydrogen-bond donors (Lipinski definition) is 1. The molecule has 0 aliphatic heterocycles. The predicted molar refractivity (Wildman–Crippen MR) is 115 cm³/mol. The molecule has 1 N–H and O–H groups in total. The van der Waals surface area contributed by atoms with Crippen molar-refractivity contribution < 1.29 is 17.9 Å². The predicted octanol–water partition coefficient (Wildman–Crippen LogP) is 3.69. The Balaban J connectivity index is 1.63. The third kappa shape index (κ3) is 7.77. The third-order valence-electron chi connectivity index (χ3n) is 4.73. The Morgan fingerprint density at radius 3 is 2.38 bits per heavy atom. The van der Waals surface area contributed by atoms with E-state index < -0.39 is 9.84 Å². The van der Waals surface area contributed by atoms with E-state index in [1.807, 2.05) is 18.2 Å². The molecule has 7 heteroatoms. The highest BCUT2D eigenvalue weighted by molar-refractivity contribution is 7.90. The highest BCUT2D eigenvalue weighted by Crippen LogP contribution is 2.18. The molecule has 0 saturated carbocycles. The van der Waals surface area contributed by atoms with Gasteiger partial charge in [0.1, 0.15) is 5.75 Å². The summed E-state index contributed by atoms with van der Waals surface area (Å²) in [5, 5.41) is 2.95. The van der Waals surface area contributed by atoms with Crippen LogP contribution >= 0.6 is 0 Å². The van der Waals surface area contributed by atoms with Gasteiger partial charge in [-0.2, -0.15) is 0 Å². The van der Waals surface area contributed by atoms with E-state index in [-0.39, 0.29) is 10.9 Å². The fourth-order valence-electron chi connectivity index (χ4n) is 2.86. The molecule has 0 fully saturated rings. The maximum atomic E-state index is 12.2. The molecule has 0 spiro atoms. The Morgan fingerprint density at radius 1 is 1.10 bits per heavy atom. The van der Waals surface area contributed by atoms with Crippen molar-refractivity contribution in [3.63, 3.8) is 0 Å². The van der Waals surface area contributed by atoms with Gasteiger partial charge in [-0.05, 0) is 48.6 Å². The number of sulfone groups is 1. The molecule has 6 nitrogen and oxygen atoms in total. The molecule has 0 saturated heterocycles. The van der Waals surface area contributed by atoms with Gasteiger partial charge in [0.15, 0.2) is 9.84 Å². The van der Waals surface area contributed by atoms with Gasteiger partial charge in [0.25, 0.3) is 0 Å². The Morgan fingerprint density at radius 2 is 1.76 bits per heavy atom. The van der Waals surface area contributed by atoms with Gasteiger partial charge in [-0.15, -0.1) is 0 Å². The summed E-state index contributed by atoms with van der Waals surface area (Å²) < 4.78 is 28.5. The van der Waals surface area contributed by atoms with Crippen molar-refractivity contribution >= 4 is 15.9 Å². The number of urea groups is 1. The fraction of sp³-hybridized carbons (Fsp3) is 0.409. The summed E-state index contributed by atoms with van der Waals surface area (Å²) in [5.41, 5.74) is 1.27. The summed E-state index contributed by atoms with van der Waals surface area (Å²) in [6.45, 7) is 3.80. The lowest BCUT2D eigenvalue weighted by molar-refractivity contribution is 0.203. The number of carbonyl (C=O) groups excluding carboxylic acids is 1. The van der Waals surface area contributed by atoms with Crippen molar-refractivity contribution in [3.8, 4) is 5.75 Å². The maximum Gasteiger partial charge on any atom is 0.317 e. The zero-order valence-electron chi connectivity index (χ0n) is 17.3. The molecule has 0 bridgehead atoms. The molecule has 2 aromatic rings. The first kappa shape index (κ1) is 22.7. The molecule has 1 atom stereocenters. The van der Waals surface area contributed by atoms with Crippen LogP contribution in [0.25, 0.3) is 0 Å². The first-order chi connectivity index (χ1) is 13.8. The minimum atomic E-state index is -3.20. The summed E-state index contributed by atoms with van der Waals surface area (Å²) in [5.74, 6) is 1.00. The van der Waals surface area contributed by atoms with E-state index in [1.54, 1.807) is 24.1 Å². The molecule has 2 amide bonds. The molecule has 0 aliphatic carbocycles.